The maximum atomic E-state index is 12.3. The fraction of sp³-hybridized carbons (Fsp3) is 0.533. The van der Waals surface area contributed by atoms with Gasteiger partial charge in [-0.1, -0.05) is 30.3 Å². The first-order chi connectivity index (χ1) is 8.80. The van der Waals surface area contributed by atoms with Crippen molar-refractivity contribution in [3.63, 3.8) is 0 Å². The molecule has 3 rings (SSSR count). The predicted octanol–water partition coefficient (Wildman–Crippen LogP) is 2.21. The van der Waals surface area contributed by atoms with Gasteiger partial charge in [-0.3, -0.25) is 4.79 Å². The molecule has 1 amide bonds. The van der Waals surface area contributed by atoms with Crippen LogP contribution in [0.15, 0.2) is 30.3 Å². The highest BCUT2D eigenvalue weighted by Gasteiger charge is 2.41. The van der Waals surface area contributed by atoms with Crippen molar-refractivity contribution in [3.05, 3.63) is 35.9 Å². The molecule has 1 atom stereocenters. The third-order valence-electron chi connectivity index (χ3n) is 4.33. The Morgan fingerprint density at radius 3 is 2.53 bits per heavy atom. The number of rotatable bonds is 3. The molecule has 0 spiro atoms. The van der Waals surface area contributed by atoms with Crippen molar-refractivity contribution in [2.75, 3.05) is 13.1 Å². The Balaban J connectivity index is 0.00000133. The molecule has 1 aromatic rings. The molecule has 1 saturated carbocycles. The Labute approximate surface area is 120 Å². The maximum absolute atomic E-state index is 12.3. The van der Waals surface area contributed by atoms with Gasteiger partial charge in [-0.2, -0.15) is 0 Å². The smallest absolute Gasteiger partial charge is 0.225 e. The first kappa shape index (κ1) is 14.4. The van der Waals surface area contributed by atoms with Crippen molar-refractivity contribution in [1.29, 1.82) is 0 Å². The Morgan fingerprint density at radius 1 is 1.26 bits per heavy atom. The summed E-state index contributed by atoms with van der Waals surface area (Å²) in [7, 11) is 0. The van der Waals surface area contributed by atoms with Crippen LogP contribution >= 0.6 is 12.4 Å². The number of carbonyl (C=O) groups is 1. The first-order valence-corrected chi connectivity index (χ1v) is 6.88. The van der Waals surface area contributed by atoms with Crippen molar-refractivity contribution in [2.24, 2.45) is 5.92 Å². The molecule has 1 aromatic carbocycles. The summed E-state index contributed by atoms with van der Waals surface area (Å²) in [5.41, 5.74) is 1.18. The molecule has 2 fully saturated rings. The van der Waals surface area contributed by atoms with Crippen LogP contribution in [-0.4, -0.2) is 19.0 Å². The molecule has 1 saturated heterocycles. The van der Waals surface area contributed by atoms with E-state index in [2.05, 4.69) is 34.9 Å². The van der Waals surface area contributed by atoms with Crippen LogP contribution in [0.5, 0.6) is 0 Å². The van der Waals surface area contributed by atoms with Crippen LogP contribution in [0.1, 0.15) is 31.2 Å². The highest BCUT2D eigenvalue weighted by molar-refractivity contribution is 5.85. The normalized spacial score (nSPS) is 24.1. The van der Waals surface area contributed by atoms with Gasteiger partial charge in [-0.05, 0) is 37.8 Å². The molecule has 2 N–H and O–H groups in total. The van der Waals surface area contributed by atoms with Gasteiger partial charge in [0.1, 0.15) is 0 Å². The van der Waals surface area contributed by atoms with E-state index in [4.69, 9.17) is 0 Å². The maximum Gasteiger partial charge on any atom is 0.225 e. The molecule has 0 bridgehead atoms. The summed E-state index contributed by atoms with van der Waals surface area (Å²) in [5.74, 6) is 0.384. The van der Waals surface area contributed by atoms with Crippen molar-refractivity contribution in [1.82, 2.24) is 10.6 Å². The summed E-state index contributed by atoms with van der Waals surface area (Å²) in [6, 6.07) is 10.4. The topological polar surface area (TPSA) is 41.1 Å². The van der Waals surface area contributed by atoms with Crippen LogP contribution in [0, 0.1) is 5.92 Å². The van der Waals surface area contributed by atoms with Crippen LogP contribution in [-0.2, 0) is 10.3 Å². The lowest BCUT2D eigenvalue weighted by Gasteiger charge is -2.43. The number of amides is 1. The quantitative estimate of drug-likeness (QED) is 0.891. The van der Waals surface area contributed by atoms with Gasteiger partial charge in [0.2, 0.25) is 5.91 Å². The number of benzene rings is 1. The average Bonchev–Trinajstić information content (AvgIpc) is 2.88. The molecule has 3 nitrogen and oxygen atoms in total. The summed E-state index contributed by atoms with van der Waals surface area (Å²) in [4.78, 5) is 12.3. The van der Waals surface area contributed by atoms with Crippen LogP contribution in [0.25, 0.3) is 0 Å². The fourth-order valence-corrected chi connectivity index (χ4v) is 2.99. The summed E-state index contributed by atoms with van der Waals surface area (Å²) in [6.07, 6.45) is 4.32. The van der Waals surface area contributed by atoms with Crippen molar-refractivity contribution in [2.45, 2.75) is 31.2 Å². The molecule has 1 aliphatic heterocycles. The minimum absolute atomic E-state index is 0. The van der Waals surface area contributed by atoms with Gasteiger partial charge < -0.3 is 10.6 Å². The van der Waals surface area contributed by atoms with Gasteiger partial charge in [-0.25, -0.2) is 0 Å². The predicted molar refractivity (Wildman–Crippen MR) is 78.3 cm³/mol. The van der Waals surface area contributed by atoms with Crippen LogP contribution in [0.2, 0.25) is 0 Å². The van der Waals surface area contributed by atoms with Crippen molar-refractivity contribution >= 4 is 18.3 Å². The summed E-state index contributed by atoms with van der Waals surface area (Å²) in [5, 5.41) is 6.56. The van der Waals surface area contributed by atoms with Gasteiger partial charge in [0, 0.05) is 6.54 Å². The molecular formula is C15H21ClN2O. The second-order valence-electron chi connectivity index (χ2n) is 5.48. The van der Waals surface area contributed by atoms with Gasteiger partial charge in [-0.15, -0.1) is 12.4 Å². The van der Waals surface area contributed by atoms with Gasteiger partial charge >= 0.3 is 0 Å². The Morgan fingerprint density at radius 2 is 2.00 bits per heavy atom. The molecule has 4 heteroatoms. The Hall–Kier alpha value is -1.06. The average molecular weight is 281 g/mol. The number of hydrogen-bond acceptors (Lipinski definition) is 2. The lowest BCUT2D eigenvalue weighted by Crippen LogP contribution is -2.52. The molecule has 19 heavy (non-hydrogen) atoms. The lowest BCUT2D eigenvalue weighted by molar-refractivity contribution is -0.127. The molecule has 2 aliphatic rings. The van der Waals surface area contributed by atoms with E-state index < -0.39 is 0 Å². The van der Waals surface area contributed by atoms with Gasteiger partial charge in [0.25, 0.3) is 0 Å². The van der Waals surface area contributed by atoms with E-state index >= 15 is 0 Å². The minimum Gasteiger partial charge on any atom is -0.346 e. The molecule has 1 unspecified atom stereocenters. The van der Waals surface area contributed by atoms with Gasteiger partial charge in [0.15, 0.2) is 0 Å². The minimum atomic E-state index is -0.0824. The van der Waals surface area contributed by atoms with Gasteiger partial charge in [0.05, 0.1) is 11.5 Å². The van der Waals surface area contributed by atoms with E-state index in [1.807, 2.05) is 6.07 Å². The van der Waals surface area contributed by atoms with Crippen molar-refractivity contribution < 1.29 is 4.79 Å². The van der Waals surface area contributed by atoms with Crippen LogP contribution < -0.4 is 10.6 Å². The zero-order valence-electron chi connectivity index (χ0n) is 11.0. The molecule has 1 aliphatic carbocycles. The number of nitrogens with one attached hydrogen (secondary N) is 2. The SMILES string of the molecule is Cl.O=C(NC1(c2ccccc2)CCC1)C1CCNC1. The second kappa shape index (κ2) is 5.93. The zero-order chi connectivity index (χ0) is 12.4. The summed E-state index contributed by atoms with van der Waals surface area (Å²) >= 11 is 0. The third kappa shape index (κ3) is 2.77. The highest BCUT2D eigenvalue weighted by Crippen LogP contribution is 2.41. The van der Waals surface area contributed by atoms with E-state index in [9.17, 15) is 4.79 Å². The number of hydrogen-bond donors (Lipinski definition) is 2. The summed E-state index contributed by atoms with van der Waals surface area (Å²) in [6.45, 7) is 1.80. The lowest BCUT2D eigenvalue weighted by atomic mass is 9.71. The first-order valence-electron chi connectivity index (χ1n) is 6.88. The zero-order valence-corrected chi connectivity index (χ0v) is 11.8. The Kier molecular flexibility index (Phi) is 4.48. The standard InChI is InChI=1S/C15H20N2O.ClH/c18-14(12-7-10-16-11-12)17-15(8-4-9-15)13-5-2-1-3-6-13;/h1-3,5-6,12,16H,4,7-11H2,(H,17,18);1H. The Bertz CT molecular complexity index is 425. The van der Waals surface area contributed by atoms with Crippen LogP contribution in [0.3, 0.4) is 0 Å². The van der Waals surface area contributed by atoms with E-state index in [1.165, 1.54) is 12.0 Å². The second-order valence-corrected chi connectivity index (χ2v) is 5.48. The largest absolute Gasteiger partial charge is 0.346 e. The molecule has 0 aromatic heterocycles. The molecular weight excluding hydrogens is 260 g/mol. The number of halogens is 1. The molecule has 104 valence electrons. The third-order valence-corrected chi connectivity index (χ3v) is 4.33. The van der Waals surface area contributed by atoms with E-state index in [-0.39, 0.29) is 29.8 Å². The highest BCUT2D eigenvalue weighted by atomic mass is 35.5. The van der Waals surface area contributed by atoms with Crippen LogP contribution in [0.4, 0.5) is 0 Å². The molecule has 0 radical (unpaired) electrons. The van der Waals surface area contributed by atoms with E-state index in [0.29, 0.717) is 0 Å². The fourth-order valence-electron chi connectivity index (χ4n) is 2.99. The monoisotopic (exact) mass is 280 g/mol. The summed E-state index contributed by atoms with van der Waals surface area (Å²) < 4.78 is 0. The van der Waals surface area contributed by atoms with E-state index in [0.717, 1.165) is 32.4 Å². The van der Waals surface area contributed by atoms with E-state index in [1.54, 1.807) is 0 Å². The molecule has 1 heterocycles. The van der Waals surface area contributed by atoms with Crippen molar-refractivity contribution in [3.8, 4) is 0 Å². The number of carbonyl (C=O) groups excluding carboxylic acids is 1.